The van der Waals surface area contributed by atoms with Gasteiger partial charge in [-0.15, -0.1) is 0 Å². The summed E-state index contributed by atoms with van der Waals surface area (Å²) in [7, 11) is 0. The van der Waals surface area contributed by atoms with Gasteiger partial charge in [-0.2, -0.15) is 13.2 Å². The van der Waals surface area contributed by atoms with Gasteiger partial charge in [0.1, 0.15) is 0 Å². The highest BCUT2D eigenvalue weighted by Crippen LogP contribution is 2.34. The number of hydrogen-bond acceptors (Lipinski definition) is 2. The molecule has 3 rings (SSSR count). The first-order valence-corrected chi connectivity index (χ1v) is 8.49. The molecule has 0 spiro atoms. The van der Waals surface area contributed by atoms with E-state index in [-0.39, 0.29) is 11.3 Å². The Morgan fingerprint density at radius 1 is 1.15 bits per heavy atom. The lowest BCUT2D eigenvalue weighted by Gasteiger charge is -2.23. The van der Waals surface area contributed by atoms with Crippen LogP contribution in [0, 0.1) is 5.41 Å². The smallest absolute Gasteiger partial charge is 0.338 e. The average Bonchev–Trinajstić information content (AvgIpc) is 3.03. The number of benzene rings is 2. The molecule has 0 bridgehead atoms. The molecule has 1 aliphatic rings. The Kier molecular flexibility index (Phi) is 4.80. The number of likely N-dealkylation sites (tertiary alicyclic amines) is 1. The van der Waals surface area contributed by atoms with E-state index in [9.17, 15) is 18.0 Å². The topological polar surface area (TPSA) is 46.3 Å². The van der Waals surface area contributed by atoms with Gasteiger partial charge in [-0.05, 0) is 47.7 Å². The van der Waals surface area contributed by atoms with Crippen molar-refractivity contribution in [2.75, 3.05) is 19.6 Å². The van der Waals surface area contributed by atoms with Gasteiger partial charge in [-0.1, -0.05) is 37.3 Å². The molecule has 2 N–H and O–H groups in total. The minimum absolute atomic E-state index is 0.0844. The lowest BCUT2D eigenvalue weighted by atomic mass is 9.90. The van der Waals surface area contributed by atoms with Crippen molar-refractivity contribution < 1.29 is 18.0 Å². The number of hydrogen-bond donors (Lipinski definition) is 1. The predicted molar refractivity (Wildman–Crippen MR) is 94.6 cm³/mol. The van der Waals surface area contributed by atoms with Crippen LogP contribution in [0.25, 0.3) is 11.1 Å². The summed E-state index contributed by atoms with van der Waals surface area (Å²) in [6.07, 6.45) is -3.53. The van der Waals surface area contributed by atoms with E-state index in [0.717, 1.165) is 18.6 Å². The fourth-order valence-corrected chi connectivity index (χ4v) is 3.29. The Balaban J connectivity index is 1.91. The van der Waals surface area contributed by atoms with Gasteiger partial charge in [0.2, 0.25) is 0 Å². The molecule has 0 radical (unpaired) electrons. The van der Waals surface area contributed by atoms with Crippen LogP contribution in [0.15, 0.2) is 48.5 Å². The summed E-state index contributed by atoms with van der Waals surface area (Å²) in [4.78, 5) is 14.7. The Hall–Kier alpha value is -2.34. The molecule has 1 heterocycles. The van der Waals surface area contributed by atoms with Gasteiger partial charge in [-0.3, -0.25) is 4.79 Å². The summed E-state index contributed by atoms with van der Waals surface area (Å²) in [6.45, 7) is 3.79. The first-order chi connectivity index (χ1) is 12.2. The van der Waals surface area contributed by atoms with Crippen molar-refractivity contribution in [3.05, 3.63) is 59.7 Å². The van der Waals surface area contributed by atoms with Crippen LogP contribution in [0.1, 0.15) is 29.3 Å². The Morgan fingerprint density at radius 2 is 1.81 bits per heavy atom. The molecule has 6 heteroatoms. The minimum atomic E-state index is -4.38. The van der Waals surface area contributed by atoms with Crippen molar-refractivity contribution in [1.82, 2.24) is 4.90 Å². The van der Waals surface area contributed by atoms with Crippen LogP contribution in [0.4, 0.5) is 13.2 Å². The zero-order chi connectivity index (χ0) is 18.9. The van der Waals surface area contributed by atoms with E-state index in [1.54, 1.807) is 29.2 Å². The van der Waals surface area contributed by atoms with E-state index in [1.165, 1.54) is 12.1 Å². The standard InChI is InChI=1S/C20H21F3N2O/c1-19(12-24)10-11-25(13-19)18(26)17-5-3-2-4-16(17)14-6-8-15(9-7-14)20(21,22)23/h2-9H,10-13,24H2,1H3. The molecule has 2 aromatic rings. The third-order valence-electron chi connectivity index (χ3n) is 5.02. The maximum absolute atomic E-state index is 13.0. The summed E-state index contributed by atoms with van der Waals surface area (Å²) in [5.41, 5.74) is 6.73. The fraction of sp³-hybridized carbons (Fsp3) is 0.350. The Morgan fingerprint density at radius 3 is 2.38 bits per heavy atom. The molecule has 0 saturated carbocycles. The second-order valence-electron chi connectivity index (χ2n) is 7.11. The third-order valence-corrected chi connectivity index (χ3v) is 5.02. The lowest BCUT2D eigenvalue weighted by molar-refractivity contribution is -0.137. The van der Waals surface area contributed by atoms with Gasteiger partial charge < -0.3 is 10.6 Å². The zero-order valence-corrected chi connectivity index (χ0v) is 14.5. The van der Waals surface area contributed by atoms with Crippen molar-refractivity contribution in [1.29, 1.82) is 0 Å². The second kappa shape index (κ2) is 6.76. The number of carbonyl (C=O) groups excluding carboxylic acids is 1. The van der Waals surface area contributed by atoms with Crippen molar-refractivity contribution in [2.45, 2.75) is 19.5 Å². The molecule has 3 nitrogen and oxygen atoms in total. The molecule has 1 atom stereocenters. The van der Waals surface area contributed by atoms with Gasteiger partial charge in [0.05, 0.1) is 5.56 Å². The molecular formula is C20H21F3N2O. The Bertz CT molecular complexity index is 801. The van der Waals surface area contributed by atoms with Crippen LogP contribution in [-0.2, 0) is 6.18 Å². The van der Waals surface area contributed by atoms with E-state index in [1.807, 2.05) is 0 Å². The van der Waals surface area contributed by atoms with Crippen molar-refractivity contribution >= 4 is 5.91 Å². The average molecular weight is 362 g/mol. The molecule has 1 aliphatic heterocycles. The van der Waals surface area contributed by atoms with E-state index in [0.29, 0.717) is 36.3 Å². The van der Waals surface area contributed by atoms with Crippen molar-refractivity contribution in [3.63, 3.8) is 0 Å². The van der Waals surface area contributed by atoms with E-state index in [4.69, 9.17) is 5.73 Å². The van der Waals surface area contributed by atoms with Gasteiger partial charge in [0.25, 0.3) is 5.91 Å². The summed E-state index contributed by atoms with van der Waals surface area (Å²) >= 11 is 0. The predicted octanol–water partition coefficient (Wildman–Crippen LogP) is 4.18. The third kappa shape index (κ3) is 3.60. The van der Waals surface area contributed by atoms with Crippen LogP contribution in [0.3, 0.4) is 0 Å². The number of halogens is 3. The van der Waals surface area contributed by atoms with Crippen molar-refractivity contribution in [3.8, 4) is 11.1 Å². The minimum Gasteiger partial charge on any atom is -0.338 e. The molecule has 1 unspecified atom stereocenters. The number of nitrogens with zero attached hydrogens (tertiary/aromatic N) is 1. The number of carbonyl (C=O) groups is 1. The molecule has 1 fully saturated rings. The first-order valence-electron chi connectivity index (χ1n) is 8.49. The van der Waals surface area contributed by atoms with Crippen LogP contribution in [0.5, 0.6) is 0 Å². The lowest BCUT2D eigenvalue weighted by Crippen LogP contribution is -2.34. The van der Waals surface area contributed by atoms with Crippen LogP contribution < -0.4 is 5.73 Å². The van der Waals surface area contributed by atoms with Gasteiger partial charge in [0.15, 0.2) is 0 Å². The maximum Gasteiger partial charge on any atom is 0.416 e. The summed E-state index contributed by atoms with van der Waals surface area (Å²) in [6, 6.07) is 11.9. The van der Waals surface area contributed by atoms with E-state index < -0.39 is 11.7 Å². The summed E-state index contributed by atoms with van der Waals surface area (Å²) < 4.78 is 38.3. The highest BCUT2D eigenvalue weighted by atomic mass is 19.4. The Labute approximate surface area is 150 Å². The quantitative estimate of drug-likeness (QED) is 0.890. The molecule has 1 saturated heterocycles. The fourth-order valence-electron chi connectivity index (χ4n) is 3.29. The summed E-state index contributed by atoms with van der Waals surface area (Å²) in [5, 5.41) is 0. The molecule has 26 heavy (non-hydrogen) atoms. The highest BCUT2D eigenvalue weighted by Gasteiger charge is 2.36. The largest absolute Gasteiger partial charge is 0.416 e. The number of rotatable bonds is 3. The monoisotopic (exact) mass is 362 g/mol. The first kappa shape index (κ1) is 18.5. The van der Waals surface area contributed by atoms with Crippen LogP contribution in [-0.4, -0.2) is 30.4 Å². The number of amides is 1. The molecule has 0 aromatic heterocycles. The van der Waals surface area contributed by atoms with Gasteiger partial charge >= 0.3 is 6.18 Å². The maximum atomic E-state index is 13.0. The molecule has 2 aromatic carbocycles. The van der Waals surface area contributed by atoms with E-state index in [2.05, 4.69) is 6.92 Å². The van der Waals surface area contributed by atoms with Crippen LogP contribution >= 0.6 is 0 Å². The normalized spacial score (nSPS) is 20.4. The molecule has 1 amide bonds. The van der Waals surface area contributed by atoms with Crippen LogP contribution in [0.2, 0.25) is 0 Å². The number of alkyl halides is 3. The highest BCUT2D eigenvalue weighted by molar-refractivity contribution is 6.01. The SMILES string of the molecule is CC1(CN)CCN(C(=O)c2ccccc2-c2ccc(C(F)(F)F)cc2)C1. The summed E-state index contributed by atoms with van der Waals surface area (Å²) in [5.74, 6) is -0.113. The molecule has 0 aliphatic carbocycles. The second-order valence-corrected chi connectivity index (χ2v) is 7.11. The van der Waals surface area contributed by atoms with Gasteiger partial charge in [0, 0.05) is 18.7 Å². The number of nitrogens with two attached hydrogens (primary N) is 1. The van der Waals surface area contributed by atoms with Gasteiger partial charge in [-0.25, -0.2) is 0 Å². The molecule has 138 valence electrons. The zero-order valence-electron chi connectivity index (χ0n) is 14.5. The molecular weight excluding hydrogens is 341 g/mol. The van der Waals surface area contributed by atoms with Crippen molar-refractivity contribution in [2.24, 2.45) is 11.1 Å². The van der Waals surface area contributed by atoms with E-state index >= 15 is 0 Å².